The van der Waals surface area contributed by atoms with Crippen LogP contribution in [0.4, 0.5) is 5.69 Å². The van der Waals surface area contributed by atoms with Gasteiger partial charge in [0.15, 0.2) is 0 Å². The molecule has 6 unspecified atom stereocenters. The van der Waals surface area contributed by atoms with Gasteiger partial charge in [0.2, 0.25) is 5.91 Å². The van der Waals surface area contributed by atoms with E-state index in [2.05, 4.69) is 38.4 Å². The number of carbonyl (C=O) groups excluding carboxylic acids is 1. The molecule has 1 amide bonds. The second-order valence-corrected chi connectivity index (χ2v) is 9.07. The molecule has 174 valence electrons. The first kappa shape index (κ1) is 21.7. The predicted molar refractivity (Wildman–Crippen MR) is 121 cm³/mol. The number of fused-ring (bicyclic) bond motifs is 6. The van der Waals surface area contributed by atoms with E-state index in [1.165, 1.54) is 0 Å². The lowest BCUT2D eigenvalue weighted by atomic mass is 9.95. The van der Waals surface area contributed by atoms with Crippen molar-refractivity contribution in [3.05, 3.63) is 36.4 Å². The largest absolute Gasteiger partial charge is 0.497 e. The molecule has 0 spiro atoms. The zero-order chi connectivity index (χ0) is 22.1. The Morgan fingerprint density at radius 2 is 1.97 bits per heavy atom. The number of nitrogens with zero attached hydrogens (tertiary/aromatic N) is 2. The first-order chi connectivity index (χ1) is 15.6. The molecule has 4 aliphatic rings. The summed E-state index contributed by atoms with van der Waals surface area (Å²) in [5.74, 6) is 0.799. The molecule has 2 bridgehead atoms. The molecule has 1 aromatic carbocycles. The quantitative estimate of drug-likeness (QED) is 0.438. The average Bonchev–Trinajstić information content (AvgIpc) is 3.09. The maximum atomic E-state index is 13.3. The van der Waals surface area contributed by atoms with E-state index in [1.54, 1.807) is 7.11 Å². The topological polar surface area (TPSA) is 101 Å². The average molecular weight is 443 g/mol. The summed E-state index contributed by atoms with van der Waals surface area (Å²) in [5.41, 5.74) is 0.967. The van der Waals surface area contributed by atoms with Crippen molar-refractivity contribution < 1.29 is 14.6 Å². The summed E-state index contributed by atoms with van der Waals surface area (Å²) in [7, 11) is 1.66. The maximum absolute atomic E-state index is 13.3. The van der Waals surface area contributed by atoms with Gasteiger partial charge >= 0.3 is 0 Å². The van der Waals surface area contributed by atoms with Crippen LogP contribution in [-0.2, 0) is 4.79 Å². The Morgan fingerprint density at radius 3 is 2.78 bits per heavy atom. The van der Waals surface area contributed by atoms with Crippen molar-refractivity contribution in [1.29, 1.82) is 0 Å². The zero-order valence-electron chi connectivity index (χ0n) is 18.5. The van der Waals surface area contributed by atoms with Crippen molar-refractivity contribution in [1.82, 2.24) is 26.0 Å². The van der Waals surface area contributed by atoms with Crippen LogP contribution < -0.4 is 26.0 Å². The molecule has 0 aromatic heterocycles. The van der Waals surface area contributed by atoms with Crippen molar-refractivity contribution in [2.75, 3.05) is 25.5 Å². The number of aliphatic hydroxyl groups is 1. The summed E-state index contributed by atoms with van der Waals surface area (Å²) in [4.78, 5) is 13.3. The summed E-state index contributed by atoms with van der Waals surface area (Å²) in [6, 6.07) is 7.87. The number of hydrogen-bond acceptors (Lipinski definition) is 8. The highest BCUT2D eigenvalue weighted by Gasteiger charge is 2.52. The van der Waals surface area contributed by atoms with Crippen molar-refractivity contribution in [3.63, 3.8) is 0 Å². The first-order valence-electron chi connectivity index (χ1n) is 11.7. The van der Waals surface area contributed by atoms with Gasteiger partial charge < -0.3 is 15.2 Å². The highest BCUT2D eigenvalue weighted by Crippen LogP contribution is 2.32. The van der Waals surface area contributed by atoms with Crippen molar-refractivity contribution >= 4 is 11.6 Å². The van der Waals surface area contributed by atoms with E-state index in [1.807, 2.05) is 29.3 Å². The smallest absolute Gasteiger partial charge is 0.244 e. The minimum atomic E-state index is -0.367. The summed E-state index contributed by atoms with van der Waals surface area (Å²) in [6.45, 7) is 1.16. The van der Waals surface area contributed by atoms with Crippen molar-refractivity contribution in [2.45, 2.75) is 62.9 Å². The van der Waals surface area contributed by atoms with E-state index in [9.17, 15) is 9.90 Å². The molecular formula is C23H34N6O3. The Labute approximate surface area is 189 Å². The van der Waals surface area contributed by atoms with Crippen LogP contribution in [0.15, 0.2) is 36.4 Å². The van der Waals surface area contributed by atoms with Crippen LogP contribution in [0.2, 0.25) is 0 Å². The first-order valence-corrected chi connectivity index (χ1v) is 11.7. The van der Waals surface area contributed by atoms with Gasteiger partial charge in [0, 0.05) is 18.3 Å². The monoisotopic (exact) mass is 442 g/mol. The van der Waals surface area contributed by atoms with E-state index in [0.717, 1.165) is 43.5 Å². The van der Waals surface area contributed by atoms with Gasteiger partial charge in [-0.15, -0.1) is 0 Å². The number of hydrogen-bond donors (Lipinski definition) is 5. The minimum Gasteiger partial charge on any atom is -0.497 e. The maximum Gasteiger partial charge on any atom is 0.244 e. The van der Waals surface area contributed by atoms with Gasteiger partial charge in [-0.1, -0.05) is 12.2 Å². The third-order valence-corrected chi connectivity index (χ3v) is 7.05. The van der Waals surface area contributed by atoms with Crippen LogP contribution in [0, 0.1) is 5.92 Å². The molecule has 3 fully saturated rings. The van der Waals surface area contributed by atoms with E-state index in [4.69, 9.17) is 4.74 Å². The summed E-state index contributed by atoms with van der Waals surface area (Å²) in [6.07, 6.45) is 8.03. The number of benzene rings is 1. The van der Waals surface area contributed by atoms with Crippen LogP contribution in [-0.4, -0.2) is 72.0 Å². The lowest BCUT2D eigenvalue weighted by Gasteiger charge is -2.45. The highest BCUT2D eigenvalue weighted by atomic mass is 16.5. The molecule has 9 nitrogen and oxygen atoms in total. The van der Waals surface area contributed by atoms with Crippen LogP contribution in [0.1, 0.15) is 32.1 Å². The zero-order valence-corrected chi connectivity index (χ0v) is 18.5. The number of carbonyl (C=O) groups is 1. The molecule has 6 atom stereocenters. The molecule has 3 saturated heterocycles. The number of hydrazine groups is 1. The highest BCUT2D eigenvalue weighted by molar-refractivity contribution is 5.82. The van der Waals surface area contributed by atoms with Crippen LogP contribution in [0.25, 0.3) is 0 Å². The lowest BCUT2D eigenvalue weighted by Crippen LogP contribution is -2.68. The van der Waals surface area contributed by atoms with E-state index in [-0.39, 0.29) is 42.6 Å². The number of ether oxygens (including phenoxy) is 1. The Balaban J connectivity index is 1.36. The SMILES string of the molecule is COc1ccc(NC2NCC3C(=O)N4C/C=C\CCC(O)C5CCCC(N5)N4C3N2)cc1. The van der Waals surface area contributed by atoms with Crippen LogP contribution >= 0.6 is 0 Å². The van der Waals surface area contributed by atoms with Crippen LogP contribution in [0.3, 0.4) is 0 Å². The van der Waals surface area contributed by atoms with Gasteiger partial charge in [-0.2, -0.15) is 5.01 Å². The van der Waals surface area contributed by atoms with Gasteiger partial charge in [-0.05, 0) is 56.4 Å². The number of allylic oxidation sites excluding steroid dienone is 1. The molecule has 9 heteroatoms. The van der Waals surface area contributed by atoms with Gasteiger partial charge in [0.1, 0.15) is 12.0 Å². The molecule has 1 aromatic rings. The molecule has 5 rings (SSSR count). The minimum absolute atomic E-state index is 0.0149. The molecular weight excluding hydrogens is 408 g/mol. The number of nitrogens with one attached hydrogen (secondary N) is 4. The van der Waals surface area contributed by atoms with Gasteiger partial charge in [-0.25, -0.2) is 0 Å². The number of piperidine rings is 1. The Kier molecular flexibility index (Phi) is 6.34. The summed E-state index contributed by atoms with van der Waals surface area (Å²) in [5, 5.41) is 28.9. The Bertz CT molecular complexity index is 834. The van der Waals surface area contributed by atoms with E-state index >= 15 is 0 Å². The standard InChI is InChI=1S/C23H34N6O3/c1-32-16-11-9-15(10-12-16)25-23-24-14-17-21(27-23)29-20-8-5-6-18(26-20)19(30)7-3-2-4-13-28(29)22(17)31/h2,4,9-12,17-21,23-27,30H,3,5-8,13-14H2,1H3/b4-2-. The second-order valence-electron chi connectivity index (χ2n) is 9.07. The number of methoxy groups -OCH3 is 1. The van der Waals surface area contributed by atoms with Gasteiger partial charge in [-0.3, -0.25) is 25.8 Å². The Morgan fingerprint density at radius 1 is 1.12 bits per heavy atom. The normalized spacial score (nSPS) is 36.6. The summed E-state index contributed by atoms with van der Waals surface area (Å²) >= 11 is 0. The second kappa shape index (κ2) is 9.36. The number of aliphatic hydroxyl groups excluding tert-OH is 1. The molecule has 4 aliphatic heterocycles. The van der Waals surface area contributed by atoms with E-state index in [0.29, 0.717) is 13.1 Å². The van der Waals surface area contributed by atoms with Crippen LogP contribution in [0.5, 0.6) is 5.75 Å². The lowest BCUT2D eigenvalue weighted by molar-refractivity contribution is -0.145. The van der Waals surface area contributed by atoms with Crippen molar-refractivity contribution in [2.24, 2.45) is 5.92 Å². The number of anilines is 1. The molecule has 0 radical (unpaired) electrons. The van der Waals surface area contributed by atoms with E-state index < -0.39 is 0 Å². The van der Waals surface area contributed by atoms with Gasteiger partial charge in [0.25, 0.3) is 0 Å². The molecule has 0 saturated carbocycles. The molecule has 4 heterocycles. The number of amides is 1. The third kappa shape index (κ3) is 4.23. The molecule has 5 N–H and O–H groups in total. The fourth-order valence-corrected chi connectivity index (χ4v) is 5.35. The van der Waals surface area contributed by atoms with Gasteiger partial charge in [0.05, 0.1) is 38.0 Å². The molecule has 32 heavy (non-hydrogen) atoms. The summed E-state index contributed by atoms with van der Waals surface area (Å²) < 4.78 is 5.24. The fraction of sp³-hybridized carbons (Fsp3) is 0.609. The predicted octanol–water partition coefficient (Wildman–Crippen LogP) is 0.764. The third-order valence-electron chi connectivity index (χ3n) is 7.05. The fourth-order valence-electron chi connectivity index (χ4n) is 5.35. The Hall–Kier alpha value is -2.17. The molecule has 0 aliphatic carbocycles. The number of rotatable bonds is 3. The van der Waals surface area contributed by atoms with Crippen molar-refractivity contribution in [3.8, 4) is 5.75 Å².